The van der Waals surface area contributed by atoms with Crippen LogP contribution in [-0.4, -0.2) is 36.5 Å². The summed E-state index contributed by atoms with van der Waals surface area (Å²) in [7, 11) is 0. The summed E-state index contributed by atoms with van der Waals surface area (Å²) in [6.45, 7) is 3.78. The van der Waals surface area contributed by atoms with Crippen molar-refractivity contribution in [3.05, 3.63) is 71.3 Å². The van der Waals surface area contributed by atoms with Gasteiger partial charge in [-0.1, -0.05) is 60.2 Å². The van der Waals surface area contributed by atoms with Gasteiger partial charge in [0.1, 0.15) is 0 Å². The van der Waals surface area contributed by atoms with Crippen LogP contribution < -0.4 is 16.8 Å². The SMILES string of the molecule is Cc1cccc(C(CC(=O)N2C[C@@H](CN)[C@H](c3ccccc3)C2)NC(N)=O)c1. The Balaban J connectivity index is 1.74. The predicted molar refractivity (Wildman–Crippen MR) is 110 cm³/mol. The minimum atomic E-state index is -0.636. The lowest BCUT2D eigenvalue weighted by molar-refractivity contribution is -0.130. The van der Waals surface area contributed by atoms with Crippen LogP contribution in [0.3, 0.4) is 0 Å². The van der Waals surface area contributed by atoms with Crippen molar-refractivity contribution in [3.8, 4) is 0 Å². The van der Waals surface area contributed by atoms with Crippen molar-refractivity contribution in [1.29, 1.82) is 0 Å². The van der Waals surface area contributed by atoms with E-state index in [4.69, 9.17) is 11.5 Å². The van der Waals surface area contributed by atoms with Crippen LogP contribution in [0.2, 0.25) is 0 Å². The fourth-order valence-corrected chi connectivity index (χ4v) is 4.01. The van der Waals surface area contributed by atoms with Gasteiger partial charge in [-0.2, -0.15) is 0 Å². The average molecular weight is 380 g/mol. The lowest BCUT2D eigenvalue weighted by Gasteiger charge is -2.22. The molecular weight excluding hydrogens is 352 g/mol. The summed E-state index contributed by atoms with van der Waals surface area (Å²) in [5, 5.41) is 2.71. The Labute approximate surface area is 165 Å². The zero-order chi connectivity index (χ0) is 20.1. The summed E-state index contributed by atoms with van der Waals surface area (Å²) in [5.74, 6) is 0.460. The molecule has 1 fully saturated rings. The number of hydrogen-bond acceptors (Lipinski definition) is 3. The van der Waals surface area contributed by atoms with E-state index in [0.29, 0.717) is 19.6 Å². The Kier molecular flexibility index (Phi) is 6.31. The van der Waals surface area contributed by atoms with Gasteiger partial charge in [-0.3, -0.25) is 4.79 Å². The zero-order valence-corrected chi connectivity index (χ0v) is 16.2. The second kappa shape index (κ2) is 8.89. The molecule has 3 atom stereocenters. The molecule has 0 aromatic heterocycles. The normalized spacial score (nSPS) is 20.0. The molecule has 1 aliphatic heterocycles. The first-order valence-corrected chi connectivity index (χ1v) is 9.63. The highest BCUT2D eigenvalue weighted by Gasteiger charge is 2.36. The minimum Gasteiger partial charge on any atom is -0.352 e. The standard InChI is InChI=1S/C22H28N4O2/c1-15-6-5-9-17(10-15)20(25-22(24)28)11-21(27)26-13-18(12-23)19(14-26)16-7-3-2-4-8-16/h2-10,18-20H,11-14,23H2,1H3,(H3,24,25,28)/t18-,19+,20?/m1/s1. The van der Waals surface area contributed by atoms with Gasteiger partial charge in [0.25, 0.3) is 0 Å². The Hall–Kier alpha value is -2.86. The summed E-state index contributed by atoms with van der Waals surface area (Å²) in [6.07, 6.45) is 0.172. The van der Waals surface area contributed by atoms with Gasteiger partial charge in [-0.15, -0.1) is 0 Å². The van der Waals surface area contributed by atoms with Crippen molar-refractivity contribution in [2.45, 2.75) is 25.3 Å². The van der Waals surface area contributed by atoms with E-state index in [1.165, 1.54) is 5.56 Å². The fourth-order valence-electron chi connectivity index (χ4n) is 4.01. The quantitative estimate of drug-likeness (QED) is 0.716. The number of aryl methyl sites for hydroxylation is 1. The number of amides is 3. The fraction of sp³-hybridized carbons (Fsp3) is 0.364. The second-order valence-corrected chi connectivity index (χ2v) is 7.49. The zero-order valence-electron chi connectivity index (χ0n) is 16.2. The number of carbonyl (C=O) groups is 2. The molecule has 6 nitrogen and oxygen atoms in total. The van der Waals surface area contributed by atoms with Gasteiger partial charge in [0.2, 0.25) is 5.91 Å². The summed E-state index contributed by atoms with van der Waals surface area (Å²) < 4.78 is 0. The van der Waals surface area contributed by atoms with E-state index in [1.54, 1.807) is 0 Å². The molecule has 2 aromatic rings. The number of benzene rings is 2. The van der Waals surface area contributed by atoms with Crippen LogP contribution in [0, 0.1) is 12.8 Å². The lowest BCUT2D eigenvalue weighted by atomic mass is 9.89. The van der Waals surface area contributed by atoms with Gasteiger partial charge in [-0.05, 0) is 30.5 Å². The van der Waals surface area contributed by atoms with Crippen molar-refractivity contribution in [1.82, 2.24) is 10.2 Å². The predicted octanol–water partition coefficient (Wildman–Crippen LogP) is 2.30. The molecular formula is C22H28N4O2. The summed E-state index contributed by atoms with van der Waals surface area (Å²) in [6, 6.07) is 16.9. The van der Waals surface area contributed by atoms with Gasteiger partial charge < -0.3 is 21.7 Å². The van der Waals surface area contributed by atoms with Gasteiger partial charge in [-0.25, -0.2) is 4.79 Å². The number of rotatable bonds is 6. The third kappa shape index (κ3) is 4.70. The highest BCUT2D eigenvalue weighted by molar-refractivity contribution is 5.79. The van der Waals surface area contributed by atoms with Gasteiger partial charge in [0.15, 0.2) is 0 Å². The van der Waals surface area contributed by atoms with Crippen molar-refractivity contribution in [2.24, 2.45) is 17.4 Å². The largest absolute Gasteiger partial charge is 0.352 e. The monoisotopic (exact) mass is 380 g/mol. The number of hydrogen-bond donors (Lipinski definition) is 3. The Morgan fingerprint density at radius 3 is 2.54 bits per heavy atom. The second-order valence-electron chi connectivity index (χ2n) is 7.49. The summed E-state index contributed by atoms with van der Waals surface area (Å²) >= 11 is 0. The number of carbonyl (C=O) groups excluding carboxylic acids is 2. The maximum absolute atomic E-state index is 13.0. The van der Waals surface area contributed by atoms with Crippen LogP contribution in [0.5, 0.6) is 0 Å². The highest BCUT2D eigenvalue weighted by Crippen LogP contribution is 2.33. The van der Waals surface area contributed by atoms with Gasteiger partial charge in [0.05, 0.1) is 12.5 Å². The molecule has 1 unspecified atom stereocenters. The lowest BCUT2D eigenvalue weighted by Crippen LogP contribution is -2.38. The molecule has 1 heterocycles. The maximum atomic E-state index is 13.0. The molecule has 0 radical (unpaired) electrons. The van der Waals surface area contributed by atoms with Crippen LogP contribution in [0.1, 0.15) is 35.1 Å². The molecule has 1 saturated heterocycles. The molecule has 0 saturated carbocycles. The molecule has 0 bridgehead atoms. The van der Waals surface area contributed by atoms with E-state index in [2.05, 4.69) is 17.4 Å². The van der Waals surface area contributed by atoms with Crippen molar-refractivity contribution in [3.63, 3.8) is 0 Å². The first kappa shape index (κ1) is 19.9. The third-order valence-electron chi connectivity index (χ3n) is 5.46. The third-order valence-corrected chi connectivity index (χ3v) is 5.46. The van der Waals surface area contributed by atoms with E-state index in [0.717, 1.165) is 11.1 Å². The number of urea groups is 1. The molecule has 1 aliphatic rings. The number of nitrogens with one attached hydrogen (secondary N) is 1. The highest BCUT2D eigenvalue weighted by atomic mass is 16.2. The van der Waals surface area contributed by atoms with E-state index in [-0.39, 0.29) is 24.2 Å². The Morgan fingerprint density at radius 2 is 1.89 bits per heavy atom. The Morgan fingerprint density at radius 1 is 1.14 bits per heavy atom. The van der Waals surface area contributed by atoms with Gasteiger partial charge >= 0.3 is 6.03 Å². The summed E-state index contributed by atoms with van der Waals surface area (Å²) in [4.78, 5) is 26.4. The first-order chi connectivity index (χ1) is 13.5. The molecule has 0 spiro atoms. The maximum Gasteiger partial charge on any atom is 0.312 e. The van der Waals surface area contributed by atoms with E-state index in [1.807, 2.05) is 54.3 Å². The topological polar surface area (TPSA) is 101 Å². The molecule has 2 aromatic carbocycles. The number of nitrogens with zero attached hydrogens (tertiary/aromatic N) is 1. The van der Waals surface area contributed by atoms with Crippen molar-refractivity contribution < 1.29 is 9.59 Å². The van der Waals surface area contributed by atoms with Crippen LogP contribution in [-0.2, 0) is 4.79 Å². The number of nitrogens with two attached hydrogens (primary N) is 2. The molecule has 6 heteroatoms. The van der Waals surface area contributed by atoms with Crippen molar-refractivity contribution >= 4 is 11.9 Å². The molecule has 3 amide bonds. The van der Waals surface area contributed by atoms with E-state index < -0.39 is 12.1 Å². The van der Waals surface area contributed by atoms with Crippen LogP contribution >= 0.6 is 0 Å². The number of likely N-dealkylation sites (tertiary alicyclic amines) is 1. The van der Waals surface area contributed by atoms with Crippen LogP contribution in [0.4, 0.5) is 4.79 Å². The van der Waals surface area contributed by atoms with Crippen LogP contribution in [0.25, 0.3) is 0 Å². The molecule has 3 rings (SSSR count). The van der Waals surface area contributed by atoms with E-state index >= 15 is 0 Å². The van der Waals surface area contributed by atoms with E-state index in [9.17, 15) is 9.59 Å². The first-order valence-electron chi connectivity index (χ1n) is 9.63. The average Bonchev–Trinajstić information content (AvgIpc) is 3.12. The van der Waals surface area contributed by atoms with Gasteiger partial charge in [0, 0.05) is 19.0 Å². The molecule has 28 heavy (non-hydrogen) atoms. The summed E-state index contributed by atoms with van der Waals surface area (Å²) in [5.41, 5.74) is 14.5. The molecule has 5 N–H and O–H groups in total. The number of primary amides is 1. The van der Waals surface area contributed by atoms with Crippen molar-refractivity contribution in [2.75, 3.05) is 19.6 Å². The van der Waals surface area contributed by atoms with Crippen LogP contribution in [0.15, 0.2) is 54.6 Å². The Bertz CT molecular complexity index is 824. The molecule has 0 aliphatic carbocycles. The minimum absolute atomic E-state index is 0.00265. The smallest absolute Gasteiger partial charge is 0.312 e. The molecule has 148 valence electrons.